The quantitative estimate of drug-likeness (QED) is 0.413. The number of hydrogen-bond acceptors (Lipinski definition) is 2. The molecule has 1 aliphatic heterocycles. The average Bonchev–Trinajstić information content (AvgIpc) is 3.19. The highest BCUT2D eigenvalue weighted by atomic mass is 19.4. The number of carbonyl (C=O) groups is 2. The molecule has 3 aliphatic carbocycles. The van der Waals surface area contributed by atoms with Crippen molar-refractivity contribution in [3.63, 3.8) is 0 Å². The summed E-state index contributed by atoms with van der Waals surface area (Å²) < 4.78 is 86.5. The SMILES string of the molecule is Cc1ccc(C(NC(=O)[C@H]2CCC3C4CC[C@H]5NC(=O)CC[C@]5(C)C4CC[C@@]32C)(C(F)(F)F)C(F)(F)F)cc1. The lowest BCUT2D eigenvalue weighted by Gasteiger charge is -2.60. The van der Waals surface area contributed by atoms with E-state index in [-0.39, 0.29) is 35.6 Å². The van der Waals surface area contributed by atoms with E-state index < -0.39 is 40.7 Å². The lowest BCUT2D eigenvalue weighted by molar-refractivity contribution is -0.312. The Labute approximate surface area is 224 Å². The molecule has 10 heteroatoms. The van der Waals surface area contributed by atoms with Crippen LogP contribution in [-0.2, 0) is 15.1 Å². The van der Waals surface area contributed by atoms with Crippen LogP contribution in [0.15, 0.2) is 24.3 Å². The Morgan fingerprint density at radius 3 is 2.10 bits per heavy atom. The molecule has 1 aromatic rings. The van der Waals surface area contributed by atoms with Gasteiger partial charge in [-0.15, -0.1) is 0 Å². The lowest BCUT2D eigenvalue weighted by Crippen LogP contribution is -2.66. The van der Waals surface area contributed by atoms with Gasteiger partial charge in [0.1, 0.15) is 0 Å². The number of fused-ring (bicyclic) bond motifs is 5. The molecule has 1 aromatic carbocycles. The van der Waals surface area contributed by atoms with Gasteiger partial charge in [-0.2, -0.15) is 26.3 Å². The average molecular weight is 559 g/mol. The molecule has 5 rings (SSSR count). The molecule has 2 amide bonds. The molecule has 2 N–H and O–H groups in total. The van der Waals surface area contributed by atoms with Gasteiger partial charge in [0.25, 0.3) is 5.54 Å². The first-order valence-electron chi connectivity index (χ1n) is 13.9. The first-order valence-corrected chi connectivity index (χ1v) is 13.9. The predicted molar refractivity (Wildman–Crippen MR) is 132 cm³/mol. The van der Waals surface area contributed by atoms with Crippen molar-refractivity contribution in [2.45, 2.75) is 96.1 Å². The zero-order chi connectivity index (χ0) is 28.6. The van der Waals surface area contributed by atoms with Gasteiger partial charge >= 0.3 is 12.4 Å². The van der Waals surface area contributed by atoms with E-state index >= 15 is 0 Å². The largest absolute Gasteiger partial charge is 0.424 e. The highest BCUT2D eigenvalue weighted by Crippen LogP contribution is 2.66. The zero-order valence-electron chi connectivity index (χ0n) is 22.4. The molecule has 4 nitrogen and oxygen atoms in total. The Morgan fingerprint density at radius 2 is 1.49 bits per heavy atom. The summed E-state index contributed by atoms with van der Waals surface area (Å²) in [4.78, 5) is 25.6. The summed E-state index contributed by atoms with van der Waals surface area (Å²) in [5, 5.41) is 4.68. The van der Waals surface area contributed by atoms with E-state index in [1.807, 2.05) is 6.92 Å². The van der Waals surface area contributed by atoms with Gasteiger partial charge in [0.2, 0.25) is 11.8 Å². The Hall–Kier alpha value is -2.26. The molecule has 3 unspecified atom stereocenters. The Morgan fingerprint density at radius 1 is 0.872 bits per heavy atom. The number of hydrogen-bond donors (Lipinski definition) is 2. The normalized spacial score (nSPS) is 36.8. The first-order chi connectivity index (χ1) is 18.0. The van der Waals surface area contributed by atoms with Crippen molar-refractivity contribution < 1.29 is 35.9 Å². The molecular weight excluding hydrogens is 522 g/mol. The molecule has 3 saturated carbocycles. The fourth-order valence-corrected chi connectivity index (χ4v) is 8.91. The van der Waals surface area contributed by atoms with Gasteiger partial charge in [-0.1, -0.05) is 43.7 Å². The molecule has 4 fully saturated rings. The van der Waals surface area contributed by atoms with Gasteiger partial charge in [-0.3, -0.25) is 9.59 Å². The van der Waals surface area contributed by atoms with Crippen LogP contribution in [0.5, 0.6) is 0 Å². The summed E-state index contributed by atoms with van der Waals surface area (Å²) in [7, 11) is 0. The number of piperidine rings is 1. The Kier molecular flexibility index (Phi) is 6.62. The smallest absolute Gasteiger partial charge is 0.353 e. The van der Waals surface area contributed by atoms with Crippen LogP contribution >= 0.6 is 0 Å². The molecule has 4 aliphatic rings. The number of benzene rings is 1. The molecule has 7 atom stereocenters. The van der Waals surface area contributed by atoms with Gasteiger partial charge < -0.3 is 10.6 Å². The third-order valence-electron chi connectivity index (χ3n) is 11.1. The second kappa shape index (κ2) is 9.13. The van der Waals surface area contributed by atoms with Gasteiger partial charge in [0.05, 0.1) is 0 Å². The second-order valence-corrected chi connectivity index (χ2v) is 12.9. The van der Waals surface area contributed by atoms with E-state index in [4.69, 9.17) is 0 Å². The van der Waals surface area contributed by atoms with Crippen molar-refractivity contribution >= 4 is 11.8 Å². The van der Waals surface area contributed by atoms with Gasteiger partial charge in [-0.25, -0.2) is 0 Å². The third kappa shape index (κ3) is 4.17. The summed E-state index contributed by atoms with van der Waals surface area (Å²) in [6, 6.07) is 4.05. The van der Waals surface area contributed by atoms with Crippen LogP contribution in [-0.4, -0.2) is 30.2 Å². The second-order valence-electron chi connectivity index (χ2n) is 12.9. The number of carbonyl (C=O) groups excluding carboxylic acids is 2. The van der Waals surface area contributed by atoms with Crippen LogP contribution in [0.4, 0.5) is 26.3 Å². The molecule has 1 saturated heterocycles. The Bertz CT molecular complexity index is 1120. The van der Waals surface area contributed by atoms with Crippen LogP contribution < -0.4 is 10.6 Å². The molecule has 216 valence electrons. The van der Waals surface area contributed by atoms with Crippen LogP contribution in [0.25, 0.3) is 0 Å². The molecule has 0 radical (unpaired) electrons. The number of amides is 2. The Balaban J connectivity index is 1.44. The fourth-order valence-electron chi connectivity index (χ4n) is 8.91. The van der Waals surface area contributed by atoms with Crippen molar-refractivity contribution in [3.8, 4) is 0 Å². The van der Waals surface area contributed by atoms with Gasteiger partial charge in [-0.05, 0) is 86.0 Å². The molecule has 0 aromatic heterocycles. The summed E-state index contributed by atoms with van der Waals surface area (Å²) in [5.41, 5.74) is -5.82. The van der Waals surface area contributed by atoms with Crippen LogP contribution in [0.3, 0.4) is 0 Å². The summed E-state index contributed by atoms with van der Waals surface area (Å²) in [6.45, 7) is 5.66. The highest BCUT2D eigenvalue weighted by molar-refractivity contribution is 5.81. The van der Waals surface area contributed by atoms with Gasteiger partial charge in [0.15, 0.2) is 0 Å². The van der Waals surface area contributed by atoms with Crippen LogP contribution in [0.1, 0.15) is 76.3 Å². The number of alkyl halides is 6. The van der Waals surface area contributed by atoms with Crippen molar-refractivity contribution in [2.75, 3.05) is 0 Å². The van der Waals surface area contributed by atoms with Crippen molar-refractivity contribution in [3.05, 3.63) is 35.4 Å². The number of rotatable bonds is 3. The minimum absolute atomic E-state index is 0.0351. The summed E-state index contributed by atoms with van der Waals surface area (Å²) >= 11 is 0. The zero-order valence-corrected chi connectivity index (χ0v) is 22.4. The van der Waals surface area contributed by atoms with E-state index in [0.29, 0.717) is 30.7 Å². The lowest BCUT2D eigenvalue weighted by atomic mass is 9.47. The van der Waals surface area contributed by atoms with E-state index in [0.717, 1.165) is 37.8 Å². The maximum atomic E-state index is 14.4. The van der Waals surface area contributed by atoms with Crippen molar-refractivity contribution in [1.82, 2.24) is 10.6 Å². The first kappa shape index (κ1) is 28.3. The molecule has 39 heavy (non-hydrogen) atoms. The third-order valence-corrected chi connectivity index (χ3v) is 11.1. The molecule has 0 spiro atoms. The van der Waals surface area contributed by atoms with E-state index in [1.54, 1.807) is 6.92 Å². The topological polar surface area (TPSA) is 58.2 Å². The standard InChI is InChI=1S/C29H36F6N2O2/c1-16-4-6-17(7-5-16)27(28(30,31)32,29(33,34)35)37-24(39)21-10-9-19-18-8-11-22-26(3,15-13-23(38)36-22)20(18)12-14-25(19,21)2/h4-7,18-22H,8-15H2,1-3H3,(H,36,38)(H,37,39)/t18?,19?,20?,21-,22-,25+,26-/m1/s1. The van der Waals surface area contributed by atoms with Gasteiger partial charge in [0, 0.05) is 18.4 Å². The number of nitrogens with one attached hydrogen (secondary N) is 2. The molecular formula is C29H36F6N2O2. The maximum absolute atomic E-state index is 14.4. The summed E-state index contributed by atoms with van der Waals surface area (Å²) in [6.07, 6.45) is -6.59. The van der Waals surface area contributed by atoms with Crippen LogP contribution in [0, 0.1) is 41.4 Å². The van der Waals surface area contributed by atoms with Crippen molar-refractivity contribution in [1.29, 1.82) is 0 Å². The van der Waals surface area contributed by atoms with E-state index in [9.17, 15) is 35.9 Å². The minimum Gasteiger partial charge on any atom is -0.353 e. The number of aryl methyl sites for hydroxylation is 1. The van der Waals surface area contributed by atoms with Crippen molar-refractivity contribution in [2.24, 2.45) is 34.5 Å². The minimum atomic E-state index is -5.80. The van der Waals surface area contributed by atoms with Crippen LogP contribution in [0.2, 0.25) is 0 Å². The highest BCUT2D eigenvalue weighted by Gasteiger charge is 2.73. The monoisotopic (exact) mass is 558 g/mol. The number of halogens is 6. The predicted octanol–water partition coefficient (Wildman–Crippen LogP) is 6.57. The van der Waals surface area contributed by atoms with E-state index in [2.05, 4.69) is 12.2 Å². The molecule has 0 bridgehead atoms. The summed E-state index contributed by atoms with van der Waals surface area (Å²) in [5.74, 6) is -1.51. The fraction of sp³-hybridized carbons (Fsp3) is 0.724. The maximum Gasteiger partial charge on any atom is 0.424 e. The molecule has 1 heterocycles. The van der Waals surface area contributed by atoms with E-state index in [1.165, 1.54) is 17.4 Å².